The van der Waals surface area contributed by atoms with Crippen molar-refractivity contribution >= 4 is 188 Å². The number of benzene rings is 3. The zero-order valence-electron chi connectivity index (χ0n) is 62.6. The fourth-order valence-corrected chi connectivity index (χ4v) is 71.2. The van der Waals surface area contributed by atoms with Crippen LogP contribution in [0.1, 0.15) is 38.9 Å². The van der Waals surface area contributed by atoms with Gasteiger partial charge in [-0.05, 0) is 20.8 Å². The van der Waals surface area contributed by atoms with Crippen molar-refractivity contribution in [3.8, 4) is 0 Å². The average Bonchev–Trinajstić information content (AvgIpc) is 3.34. The monoisotopic (exact) mass is 1440 g/mol. The molecule has 4 aromatic rings. The van der Waals surface area contributed by atoms with Crippen molar-refractivity contribution in [2.45, 2.75) is 284 Å². The summed E-state index contributed by atoms with van der Waals surface area (Å²) in [6, 6.07) is 0. The molecule has 83 heavy (non-hydrogen) atoms. The third-order valence-corrected chi connectivity index (χ3v) is 51.2. The molecule has 0 spiro atoms. The van der Waals surface area contributed by atoms with Crippen molar-refractivity contribution in [1.82, 2.24) is 0 Å². The van der Waals surface area contributed by atoms with Crippen LogP contribution in [0, 0.1) is 48.5 Å². The van der Waals surface area contributed by atoms with Gasteiger partial charge in [-0.25, -0.2) is 0 Å². The van der Waals surface area contributed by atoms with E-state index < -0.39 is 105 Å². The Labute approximate surface area is 564 Å². The fourth-order valence-electron chi connectivity index (χ4n) is 16.4. The van der Waals surface area contributed by atoms with Crippen LogP contribution in [-0.4, -0.2) is 105 Å². The van der Waals surface area contributed by atoms with Crippen molar-refractivity contribution in [3.63, 3.8) is 0 Å². The molecule has 470 valence electrons. The van der Waals surface area contributed by atoms with Crippen molar-refractivity contribution in [3.05, 3.63) is 38.9 Å². The van der Waals surface area contributed by atoms with Gasteiger partial charge in [-0.3, -0.25) is 0 Å². The van der Waals surface area contributed by atoms with Gasteiger partial charge < -0.3 is 37.2 Å². The molecule has 0 aromatic heterocycles. The summed E-state index contributed by atoms with van der Waals surface area (Å²) in [6.07, 6.45) is 0. The van der Waals surface area contributed by atoms with Crippen LogP contribution in [0.15, 0.2) is 0 Å². The summed E-state index contributed by atoms with van der Waals surface area (Å²) in [5.74, 6) is 0. The average molecular weight is 1440 g/mol. The van der Waals surface area contributed by atoms with Crippen LogP contribution in [0.2, 0.25) is 236 Å². The Balaban J connectivity index is 0.0000168. The third-order valence-electron chi connectivity index (χ3n) is 18.2. The molecule has 0 bridgehead atoms. The second-order valence-corrected chi connectivity index (χ2v) is 102. The Morgan fingerprint density at radius 1 is 0.169 bits per heavy atom. The molecule has 0 aliphatic heterocycles. The van der Waals surface area contributed by atoms with E-state index in [0.29, 0.717) is 0 Å². The minimum absolute atomic E-state index is 0. The summed E-state index contributed by atoms with van der Waals surface area (Å²) in [4.78, 5) is 0. The first-order chi connectivity index (χ1) is 34.3. The van der Waals surface area contributed by atoms with Crippen LogP contribution >= 0.6 is 0 Å². The standard InChI is InChI=1S/C66H129Si13.3ClH.Ti/c1-44-45(2)47(4)51(46(44)3)79(64-58(73(26,27)28)52(67(8,9)10)48(5)53(68(11,12)13)59(64)74(29,30)31,65-60(75(32,33)34)54(69(14,15)16)49(6)55(70(17,18)19)61(65)76(35,36)37)66-62(77(38,39)40)56(71(20,21)22)50(7)57(72(23,24)25)63(66)78(41,42)43;;;;/h1-43H3;3*1H;/q-1;;;;+4/p-3. The molecule has 0 saturated heterocycles. The predicted octanol–water partition coefficient (Wildman–Crippen LogP) is 2.49. The zero-order chi connectivity index (χ0) is 62.8. The summed E-state index contributed by atoms with van der Waals surface area (Å²) < 4.78 is 0. The smallest absolute Gasteiger partial charge is 1.00 e. The van der Waals surface area contributed by atoms with Crippen LogP contribution in [0.5, 0.6) is 0 Å². The van der Waals surface area contributed by atoms with Crippen LogP contribution in [0.4, 0.5) is 0 Å². The fraction of sp³-hybridized carbons (Fsp3) is 0.652. The van der Waals surface area contributed by atoms with Gasteiger partial charge in [-0.1, -0.05) is 358 Å². The van der Waals surface area contributed by atoms with Gasteiger partial charge in [0, 0.05) is 0 Å². The quantitative estimate of drug-likeness (QED) is 0.0922. The first kappa shape index (κ1) is 84.4. The largest absolute Gasteiger partial charge is 4.00 e. The molecule has 4 rings (SSSR count). The van der Waals surface area contributed by atoms with Gasteiger partial charge in [0.1, 0.15) is 8.07 Å². The normalized spacial score (nSPS) is 14.1. The van der Waals surface area contributed by atoms with Gasteiger partial charge in [-0.2, -0.15) is 22.3 Å². The molecule has 0 saturated carbocycles. The molecule has 17 heteroatoms. The summed E-state index contributed by atoms with van der Waals surface area (Å²) in [6.45, 7) is 121. The van der Waals surface area contributed by atoms with Crippen LogP contribution < -0.4 is 120 Å². The second-order valence-electron chi connectivity index (χ2n) is 38.1. The maximum absolute atomic E-state index is 3.71. The van der Waals surface area contributed by atoms with E-state index in [1.54, 1.807) is 38.9 Å². The predicted molar refractivity (Wildman–Crippen MR) is 415 cm³/mol. The molecule has 0 radical (unpaired) electrons. The molecule has 0 aliphatic rings. The van der Waals surface area contributed by atoms with Gasteiger partial charge in [0.25, 0.3) is 0 Å². The maximum Gasteiger partial charge on any atom is 4.00 e. The molecule has 0 fully saturated rings. The van der Waals surface area contributed by atoms with Crippen molar-refractivity contribution in [2.24, 2.45) is 0 Å². The number of halogens is 3. The third kappa shape index (κ3) is 15.4. The minimum Gasteiger partial charge on any atom is -1.00 e. The van der Waals surface area contributed by atoms with Crippen LogP contribution in [-0.2, 0) is 21.7 Å². The molecule has 0 unspecified atom stereocenters. The van der Waals surface area contributed by atoms with Gasteiger partial charge in [0.05, 0.1) is 96.9 Å². The number of rotatable bonds is 16. The Hall–Kier alpha value is 1.41. The number of hydrogen-bond acceptors (Lipinski definition) is 0. The van der Waals surface area contributed by atoms with E-state index in [-0.39, 0.29) is 58.9 Å². The van der Waals surface area contributed by atoms with E-state index in [0.717, 1.165) is 0 Å². The Bertz CT molecular complexity index is 2600. The molecule has 0 atom stereocenters. The summed E-state index contributed by atoms with van der Waals surface area (Å²) in [7, 11) is -30.1. The van der Waals surface area contributed by atoms with Crippen LogP contribution in [0.3, 0.4) is 0 Å². The SMILES string of the molecule is Cc1c([Si](C)(C)C)c([Si](C)(C)C)c([Si](c2c([Si](C)(C)C)c([Si](C)(C)C)c(C)c([Si](C)(C)C)c2[Si](C)(C)C)(c2c([Si](C)(C)C)c([Si](C)(C)C)c(C)c([Si](C)(C)C)c2[Si](C)(C)C)[c-]2c(C)c(C)c(C)c2C)c([Si](C)(C)C)c1[Si](C)(C)C.[Cl-].[Cl-].[Cl-].[Ti+4]. The van der Waals surface area contributed by atoms with Gasteiger partial charge >= 0.3 is 21.7 Å². The van der Waals surface area contributed by atoms with Crippen molar-refractivity contribution in [1.29, 1.82) is 0 Å². The molecular formula is C66H129Cl3Si13Ti. The first-order valence-corrected chi connectivity index (χ1v) is 75.2. The first-order valence-electron chi connectivity index (χ1n) is 31.2. The molecule has 0 nitrogen and oxygen atoms in total. The number of hydrogen-bond donors (Lipinski definition) is 0. The molecule has 4 aromatic carbocycles. The van der Waals surface area contributed by atoms with Crippen molar-refractivity contribution in [2.75, 3.05) is 0 Å². The van der Waals surface area contributed by atoms with E-state index in [4.69, 9.17) is 0 Å². The van der Waals surface area contributed by atoms with E-state index in [9.17, 15) is 0 Å². The van der Waals surface area contributed by atoms with Crippen molar-refractivity contribution < 1.29 is 58.9 Å². The summed E-state index contributed by atoms with van der Waals surface area (Å²) in [5, 5.41) is 31.2. The Morgan fingerprint density at radius 3 is 0.373 bits per heavy atom. The van der Waals surface area contributed by atoms with Gasteiger partial charge in [0.2, 0.25) is 0 Å². The van der Waals surface area contributed by atoms with E-state index in [1.165, 1.54) is 0 Å². The topological polar surface area (TPSA) is 0 Å². The Morgan fingerprint density at radius 2 is 0.277 bits per heavy atom. The Kier molecular flexibility index (Phi) is 26.2. The van der Waals surface area contributed by atoms with Gasteiger partial charge in [0.15, 0.2) is 0 Å². The molecule has 0 amide bonds. The molecule has 0 N–H and O–H groups in total. The van der Waals surface area contributed by atoms with Crippen LogP contribution in [0.25, 0.3) is 0 Å². The maximum atomic E-state index is 2.86. The zero-order valence-corrected chi connectivity index (χ0v) is 79.5. The second kappa shape index (κ2) is 25.7. The van der Waals surface area contributed by atoms with E-state index in [2.05, 4.69) is 284 Å². The summed E-state index contributed by atoms with van der Waals surface area (Å²) in [5.41, 5.74) is 11.7. The van der Waals surface area contributed by atoms with E-state index >= 15 is 0 Å². The van der Waals surface area contributed by atoms with Gasteiger partial charge in [-0.15, -0.1) is 5.19 Å². The molecule has 0 heterocycles. The molecular weight excluding hydrogens is 1310 g/mol. The van der Waals surface area contributed by atoms with E-state index in [1.807, 2.05) is 83.0 Å². The molecule has 0 aliphatic carbocycles. The summed E-state index contributed by atoms with van der Waals surface area (Å²) >= 11 is 0. The minimum atomic E-state index is -3.71.